The standard InChI is InChI=1S/C16H10FN3OS/c1-2-9-4-3-5-11(6-9)18-15(21)12-7-10(17)8-13-14(12)20-16(22)19-13/h1,3-8H,(H,18,21)(H2,19,20,22). The number of fused-ring (bicyclic) bond motifs is 1. The lowest BCUT2D eigenvalue weighted by molar-refractivity contribution is 0.102. The van der Waals surface area contributed by atoms with Crippen molar-refractivity contribution >= 4 is 34.8 Å². The summed E-state index contributed by atoms with van der Waals surface area (Å²) in [6.07, 6.45) is 5.32. The second kappa shape index (κ2) is 5.47. The zero-order valence-electron chi connectivity index (χ0n) is 11.2. The summed E-state index contributed by atoms with van der Waals surface area (Å²) < 4.78 is 14.0. The van der Waals surface area contributed by atoms with Gasteiger partial charge in [0.2, 0.25) is 0 Å². The number of halogens is 1. The molecule has 0 aliphatic carbocycles. The summed E-state index contributed by atoms with van der Waals surface area (Å²) >= 11 is 4.98. The molecule has 1 amide bonds. The van der Waals surface area contributed by atoms with E-state index in [4.69, 9.17) is 18.6 Å². The van der Waals surface area contributed by atoms with Crippen LogP contribution in [0.1, 0.15) is 15.9 Å². The van der Waals surface area contributed by atoms with Gasteiger partial charge >= 0.3 is 0 Å². The first-order valence-electron chi connectivity index (χ1n) is 6.36. The summed E-state index contributed by atoms with van der Waals surface area (Å²) in [5, 5.41) is 2.69. The summed E-state index contributed by atoms with van der Waals surface area (Å²) in [6.45, 7) is 0. The topological polar surface area (TPSA) is 60.7 Å². The number of hydrogen-bond donors (Lipinski definition) is 3. The van der Waals surface area contributed by atoms with Crippen LogP contribution in [-0.2, 0) is 0 Å². The minimum atomic E-state index is -0.528. The molecular formula is C16H10FN3OS. The number of aromatic amines is 2. The Hall–Kier alpha value is -2.91. The first-order chi connectivity index (χ1) is 10.6. The first-order valence-corrected chi connectivity index (χ1v) is 6.77. The van der Waals surface area contributed by atoms with E-state index in [2.05, 4.69) is 21.2 Å². The molecule has 0 saturated heterocycles. The van der Waals surface area contributed by atoms with Gasteiger partial charge in [0, 0.05) is 11.3 Å². The van der Waals surface area contributed by atoms with E-state index < -0.39 is 11.7 Å². The van der Waals surface area contributed by atoms with Gasteiger partial charge in [0.1, 0.15) is 5.82 Å². The fraction of sp³-hybridized carbons (Fsp3) is 0. The van der Waals surface area contributed by atoms with Crippen LogP contribution in [0.3, 0.4) is 0 Å². The molecule has 1 aromatic heterocycles. The average Bonchev–Trinajstić information content (AvgIpc) is 2.86. The number of rotatable bonds is 2. The van der Waals surface area contributed by atoms with Crippen LogP contribution in [-0.4, -0.2) is 15.9 Å². The maximum atomic E-state index is 13.6. The van der Waals surface area contributed by atoms with Crippen LogP contribution in [0.25, 0.3) is 11.0 Å². The van der Waals surface area contributed by atoms with Crippen LogP contribution >= 0.6 is 12.2 Å². The molecule has 6 heteroatoms. The highest BCUT2D eigenvalue weighted by atomic mass is 32.1. The van der Waals surface area contributed by atoms with Crippen molar-refractivity contribution in [2.45, 2.75) is 0 Å². The lowest BCUT2D eigenvalue weighted by Crippen LogP contribution is -2.13. The molecule has 3 rings (SSSR count). The minimum absolute atomic E-state index is 0.161. The summed E-state index contributed by atoms with van der Waals surface area (Å²) in [4.78, 5) is 18.0. The molecule has 1 heterocycles. The molecule has 0 unspecified atom stereocenters. The van der Waals surface area contributed by atoms with Crippen LogP contribution in [0.5, 0.6) is 0 Å². The number of amides is 1. The second-order valence-electron chi connectivity index (χ2n) is 4.63. The summed E-state index contributed by atoms with van der Waals surface area (Å²) in [7, 11) is 0. The van der Waals surface area contributed by atoms with E-state index in [9.17, 15) is 9.18 Å². The van der Waals surface area contributed by atoms with Gasteiger partial charge < -0.3 is 15.3 Å². The van der Waals surface area contributed by atoms with Crippen LogP contribution in [0, 0.1) is 22.9 Å². The van der Waals surface area contributed by atoms with Gasteiger partial charge in [-0.1, -0.05) is 12.0 Å². The van der Waals surface area contributed by atoms with E-state index in [1.54, 1.807) is 24.3 Å². The van der Waals surface area contributed by atoms with Crippen molar-refractivity contribution in [1.82, 2.24) is 9.97 Å². The molecule has 0 atom stereocenters. The van der Waals surface area contributed by atoms with Crippen molar-refractivity contribution in [2.75, 3.05) is 5.32 Å². The molecular weight excluding hydrogens is 301 g/mol. The number of nitrogens with one attached hydrogen (secondary N) is 3. The number of anilines is 1. The van der Waals surface area contributed by atoms with Gasteiger partial charge in [0.25, 0.3) is 5.91 Å². The second-order valence-corrected chi connectivity index (χ2v) is 5.04. The maximum Gasteiger partial charge on any atom is 0.257 e. The Morgan fingerprint density at radius 2 is 2.09 bits per heavy atom. The van der Waals surface area contributed by atoms with Gasteiger partial charge in [-0.3, -0.25) is 4.79 Å². The van der Waals surface area contributed by atoms with Crippen molar-refractivity contribution in [2.24, 2.45) is 0 Å². The third-order valence-corrected chi connectivity index (χ3v) is 3.33. The molecule has 3 N–H and O–H groups in total. The molecule has 3 aromatic rings. The third kappa shape index (κ3) is 2.62. The molecule has 0 bridgehead atoms. The van der Waals surface area contributed by atoms with Gasteiger partial charge in [0.05, 0.1) is 16.6 Å². The van der Waals surface area contributed by atoms with Crippen LogP contribution in [0.4, 0.5) is 10.1 Å². The number of benzene rings is 2. The highest BCUT2D eigenvalue weighted by Crippen LogP contribution is 2.20. The van der Waals surface area contributed by atoms with Gasteiger partial charge in [-0.2, -0.15) is 0 Å². The van der Waals surface area contributed by atoms with Crippen LogP contribution < -0.4 is 5.32 Å². The third-order valence-electron chi connectivity index (χ3n) is 3.12. The summed E-state index contributed by atoms with van der Waals surface area (Å²) in [6, 6.07) is 9.27. The Balaban J connectivity index is 2.02. The normalized spacial score (nSPS) is 10.4. The van der Waals surface area contributed by atoms with Crippen molar-refractivity contribution < 1.29 is 9.18 Å². The number of terminal acetylenes is 1. The lowest BCUT2D eigenvalue weighted by Gasteiger charge is -2.07. The summed E-state index contributed by atoms with van der Waals surface area (Å²) in [5.74, 6) is 1.50. The fourth-order valence-electron chi connectivity index (χ4n) is 2.17. The number of carbonyl (C=O) groups excluding carboxylic acids is 1. The van der Waals surface area contributed by atoms with E-state index in [1.807, 2.05) is 0 Å². The largest absolute Gasteiger partial charge is 0.331 e. The Bertz CT molecular complexity index is 981. The minimum Gasteiger partial charge on any atom is -0.331 e. The number of H-pyrrole nitrogens is 2. The smallest absolute Gasteiger partial charge is 0.257 e. The highest BCUT2D eigenvalue weighted by molar-refractivity contribution is 7.71. The van der Waals surface area contributed by atoms with E-state index >= 15 is 0 Å². The van der Waals surface area contributed by atoms with Gasteiger partial charge in [-0.05, 0) is 42.5 Å². The van der Waals surface area contributed by atoms with Crippen LogP contribution in [0.2, 0.25) is 0 Å². The number of aromatic nitrogens is 2. The van der Waals surface area contributed by atoms with Gasteiger partial charge in [-0.25, -0.2) is 4.39 Å². The van der Waals surface area contributed by atoms with Crippen molar-refractivity contribution in [1.29, 1.82) is 0 Å². The van der Waals surface area contributed by atoms with Crippen LogP contribution in [0.15, 0.2) is 36.4 Å². The highest BCUT2D eigenvalue weighted by Gasteiger charge is 2.14. The molecule has 108 valence electrons. The summed E-state index contributed by atoms with van der Waals surface area (Å²) in [5.41, 5.74) is 2.23. The lowest BCUT2D eigenvalue weighted by atomic mass is 10.1. The van der Waals surface area contributed by atoms with E-state index in [-0.39, 0.29) is 5.56 Å². The fourth-order valence-corrected chi connectivity index (χ4v) is 2.38. The van der Waals surface area contributed by atoms with E-state index in [0.717, 1.165) is 6.07 Å². The van der Waals surface area contributed by atoms with Gasteiger partial charge in [-0.15, -0.1) is 6.42 Å². The maximum absolute atomic E-state index is 13.6. The van der Waals surface area contributed by atoms with E-state index in [1.165, 1.54) is 6.07 Å². The zero-order chi connectivity index (χ0) is 15.7. The SMILES string of the molecule is C#Cc1cccc(NC(=O)c2cc(F)cc3[nH]c(=S)[nH]c23)c1. The van der Waals surface area contributed by atoms with Crippen molar-refractivity contribution in [3.8, 4) is 12.3 Å². The Kier molecular flexibility index (Phi) is 3.49. The molecule has 0 radical (unpaired) electrons. The molecule has 4 nitrogen and oxygen atoms in total. The average molecular weight is 311 g/mol. The predicted octanol–water partition coefficient (Wildman–Crippen LogP) is 3.60. The quantitative estimate of drug-likeness (QED) is 0.500. The zero-order valence-corrected chi connectivity index (χ0v) is 12.1. The molecule has 2 aromatic carbocycles. The molecule has 0 aliphatic heterocycles. The molecule has 0 spiro atoms. The Labute approximate surface area is 130 Å². The Morgan fingerprint density at radius 1 is 1.27 bits per heavy atom. The Morgan fingerprint density at radius 3 is 2.86 bits per heavy atom. The molecule has 0 aliphatic rings. The molecule has 0 fully saturated rings. The van der Waals surface area contributed by atoms with Gasteiger partial charge in [0.15, 0.2) is 4.77 Å². The monoisotopic (exact) mass is 311 g/mol. The number of carbonyl (C=O) groups is 1. The van der Waals surface area contributed by atoms with Crippen molar-refractivity contribution in [3.63, 3.8) is 0 Å². The number of imidazole rings is 1. The van der Waals surface area contributed by atoms with E-state index in [0.29, 0.717) is 27.1 Å². The molecule has 22 heavy (non-hydrogen) atoms. The number of hydrogen-bond acceptors (Lipinski definition) is 2. The van der Waals surface area contributed by atoms with Crippen molar-refractivity contribution in [3.05, 3.63) is 58.1 Å². The first kappa shape index (κ1) is 14.0. The molecule has 0 saturated carbocycles. The predicted molar refractivity (Wildman–Crippen MR) is 85.8 cm³/mol.